The summed E-state index contributed by atoms with van der Waals surface area (Å²) in [6, 6.07) is 3.46. The molecular formula is C10H7F2NO. The quantitative estimate of drug-likeness (QED) is 0.640. The second-order valence-corrected chi connectivity index (χ2v) is 3.07. The summed E-state index contributed by atoms with van der Waals surface area (Å²) < 4.78 is 27.5. The number of nitrogens with zero attached hydrogens (tertiary/aromatic N) is 1. The molecule has 0 spiro atoms. The first-order chi connectivity index (χ1) is 6.63. The SMILES string of the molecule is Cn1c(C=O)cc2cc(F)cc(F)c21. The lowest BCUT2D eigenvalue weighted by molar-refractivity contribution is 0.111. The number of halogens is 2. The second-order valence-electron chi connectivity index (χ2n) is 3.07. The van der Waals surface area contributed by atoms with Crippen LogP contribution in [0.25, 0.3) is 10.9 Å². The van der Waals surface area contributed by atoms with Gasteiger partial charge in [0, 0.05) is 18.5 Å². The van der Waals surface area contributed by atoms with Crippen LogP contribution in [0.4, 0.5) is 8.78 Å². The molecule has 1 heterocycles. The van der Waals surface area contributed by atoms with E-state index in [1.165, 1.54) is 16.7 Å². The Morgan fingerprint density at radius 2 is 2.00 bits per heavy atom. The largest absolute Gasteiger partial charge is 0.339 e. The van der Waals surface area contributed by atoms with Gasteiger partial charge in [-0.25, -0.2) is 8.78 Å². The topological polar surface area (TPSA) is 22.0 Å². The number of hydrogen-bond acceptors (Lipinski definition) is 1. The average Bonchev–Trinajstić information content (AvgIpc) is 2.42. The Balaban J connectivity index is 2.92. The van der Waals surface area contributed by atoms with E-state index in [-0.39, 0.29) is 5.52 Å². The average molecular weight is 195 g/mol. The van der Waals surface area contributed by atoms with Crippen molar-refractivity contribution >= 4 is 17.2 Å². The molecule has 72 valence electrons. The van der Waals surface area contributed by atoms with Gasteiger partial charge in [-0.3, -0.25) is 4.79 Å². The van der Waals surface area contributed by atoms with E-state index in [1.54, 1.807) is 7.05 Å². The van der Waals surface area contributed by atoms with Gasteiger partial charge < -0.3 is 4.57 Å². The molecule has 0 amide bonds. The molecule has 1 aromatic heterocycles. The van der Waals surface area contributed by atoms with Gasteiger partial charge in [0.15, 0.2) is 6.29 Å². The Morgan fingerprint density at radius 3 is 2.64 bits per heavy atom. The number of fused-ring (bicyclic) bond motifs is 1. The van der Waals surface area contributed by atoms with Crippen LogP contribution in [0.5, 0.6) is 0 Å². The van der Waals surface area contributed by atoms with E-state index >= 15 is 0 Å². The standard InChI is InChI=1S/C10H7F2NO/c1-13-8(5-14)3-6-2-7(11)4-9(12)10(6)13/h2-5H,1H3. The number of benzene rings is 1. The summed E-state index contributed by atoms with van der Waals surface area (Å²) in [5, 5.41) is 0.395. The molecule has 2 aromatic rings. The van der Waals surface area contributed by atoms with E-state index in [2.05, 4.69) is 0 Å². The number of carbonyl (C=O) groups excluding carboxylic acids is 1. The van der Waals surface area contributed by atoms with Crippen molar-refractivity contribution in [2.45, 2.75) is 0 Å². The molecule has 0 saturated carbocycles. The summed E-state index contributed by atoms with van der Waals surface area (Å²) in [5.41, 5.74) is 0.568. The fraction of sp³-hybridized carbons (Fsp3) is 0.100. The minimum Gasteiger partial charge on any atom is -0.339 e. The lowest BCUT2D eigenvalue weighted by atomic mass is 10.2. The monoisotopic (exact) mass is 195 g/mol. The molecule has 0 unspecified atom stereocenters. The maximum Gasteiger partial charge on any atom is 0.166 e. The first-order valence-corrected chi connectivity index (χ1v) is 4.03. The molecule has 0 aliphatic carbocycles. The van der Waals surface area contributed by atoms with Crippen molar-refractivity contribution in [3.05, 3.63) is 35.5 Å². The maximum atomic E-state index is 13.3. The van der Waals surface area contributed by atoms with Gasteiger partial charge in [0.05, 0.1) is 11.2 Å². The van der Waals surface area contributed by atoms with Crippen molar-refractivity contribution in [3.63, 3.8) is 0 Å². The fourth-order valence-corrected chi connectivity index (χ4v) is 1.55. The highest BCUT2D eigenvalue weighted by atomic mass is 19.1. The molecule has 14 heavy (non-hydrogen) atoms. The van der Waals surface area contributed by atoms with E-state index in [0.717, 1.165) is 6.07 Å². The van der Waals surface area contributed by atoms with Crippen LogP contribution in [0.2, 0.25) is 0 Å². The molecule has 0 atom stereocenters. The minimum atomic E-state index is -0.657. The van der Waals surface area contributed by atoms with Crippen molar-refractivity contribution in [1.82, 2.24) is 4.57 Å². The van der Waals surface area contributed by atoms with Crippen LogP contribution in [0, 0.1) is 11.6 Å². The van der Waals surface area contributed by atoms with Crippen LogP contribution in [0.3, 0.4) is 0 Å². The molecular weight excluding hydrogens is 188 g/mol. The van der Waals surface area contributed by atoms with E-state index in [4.69, 9.17) is 0 Å². The summed E-state index contributed by atoms with van der Waals surface area (Å²) in [6.45, 7) is 0. The normalized spacial score (nSPS) is 10.8. The van der Waals surface area contributed by atoms with Crippen molar-refractivity contribution in [2.24, 2.45) is 7.05 Å². The Kier molecular flexibility index (Phi) is 1.84. The zero-order valence-corrected chi connectivity index (χ0v) is 7.42. The molecule has 0 aliphatic rings. The zero-order valence-electron chi connectivity index (χ0n) is 7.42. The van der Waals surface area contributed by atoms with E-state index in [0.29, 0.717) is 17.4 Å². The number of carbonyl (C=O) groups is 1. The lowest BCUT2D eigenvalue weighted by Crippen LogP contribution is -1.95. The zero-order chi connectivity index (χ0) is 10.3. The number of rotatable bonds is 1. The third-order valence-corrected chi connectivity index (χ3v) is 2.20. The third kappa shape index (κ3) is 1.11. The molecule has 0 N–H and O–H groups in total. The Labute approximate surface area is 78.8 Å². The van der Waals surface area contributed by atoms with Gasteiger partial charge in [-0.1, -0.05) is 0 Å². The lowest BCUT2D eigenvalue weighted by Gasteiger charge is -1.99. The minimum absolute atomic E-state index is 0.244. The van der Waals surface area contributed by atoms with Crippen LogP contribution < -0.4 is 0 Å². The molecule has 0 aliphatic heterocycles. The van der Waals surface area contributed by atoms with E-state index in [9.17, 15) is 13.6 Å². The van der Waals surface area contributed by atoms with Crippen LogP contribution >= 0.6 is 0 Å². The highest BCUT2D eigenvalue weighted by Gasteiger charge is 2.10. The first-order valence-electron chi connectivity index (χ1n) is 4.03. The number of aromatic nitrogens is 1. The van der Waals surface area contributed by atoms with Crippen molar-refractivity contribution in [2.75, 3.05) is 0 Å². The summed E-state index contributed by atoms with van der Waals surface area (Å²) in [5.74, 6) is -1.30. The Morgan fingerprint density at radius 1 is 1.29 bits per heavy atom. The predicted octanol–water partition coefficient (Wildman–Crippen LogP) is 2.27. The molecule has 0 bridgehead atoms. The van der Waals surface area contributed by atoms with Crippen LogP contribution in [-0.2, 0) is 7.05 Å². The first kappa shape index (κ1) is 8.87. The van der Waals surface area contributed by atoms with Crippen LogP contribution in [0.1, 0.15) is 10.5 Å². The molecule has 0 fully saturated rings. The van der Waals surface area contributed by atoms with Crippen molar-refractivity contribution in [1.29, 1.82) is 0 Å². The molecule has 2 nitrogen and oxygen atoms in total. The highest BCUT2D eigenvalue weighted by Crippen LogP contribution is 2.22. The van der Waals surface area contributed by atoms with Gasteiger partial charge in [-0.2, -0.15) is 0 Å². The molecule has 2 rings (SSSR count). The number of aryl methyl sites for hydroxylation is 1. The number of aldehydes is 1. The third-order valence-electron chi connectivity index (χ3n) is 2.20. The van der Waals surface area contributed by atoms with Gasteiger partial charge in [-0.05, 0) is 12.1 Å². The van der Waals surface area contributed by atoms with Gasteiger partial charge in [0.2, 0.25) is 0 Å². The van der Waals surface area contributed by atoms with Crippen LogP contribution in [0.15, 0.2) is 18.2 Å². The maximum absolute atomic E-state index is 13.3. The summed E-state index contributed by atoms with van der Waals surface area (Å²) in [4.78, 5) is 10.6. The number of hydrogen-bond donors (Lipinski definition) is 0. The van der Waals surface area contributed by atoms with E-state index < -0.39 is 11.6 Å². The van der Waals surface area contributed by atoms with Crippen molar-refractivity contribution < 1.29 is 13.6 Å². The molecule has 0 saturated heterocycles. The molecule has 4 heteroatoms. The summed E-state index contributed by atoms with van der Waals surface area (Å²) in [6.07, 6.45) is 0.608. The fourth-order valence-electron chi connectivity index (χ4n) is 1.55. The molecule has 0 radical (unpaired) electrons. The smallest absolute Gasteiger partial charge is 0.166 e. The van der Waals surface area contributed by atoms with Gasteiger partial charge in [-0.15, -0.1) is 0 Å². The Bertz CT molecular complexity index is 516. The van der Waals surface area contributed by atoms with Crippen LogP contribution in [-0.4, -0.2) is 10.9 Å². The second kappa shape index (κ2) is 2.90. The summed E-state index contributed by atoms with van der Waals surface area (Å²) >= 11 is 0. The van der Waals surface area contributed by atoms with E-state index in [1.807, 2.05) is 0 Å². The van der Waals surface area contributed by atoms with Crippen molar-refractivity contribution in [3.8, 4) is 0 Å². The predicted molar refractivity (Wildman–Crippen MR) is 48.2 cm³/mol. The summed E-state index contributed by atoms with van der Waals surface area (Å²) in [7, 11) is 1.56. The van der Waals surface area contributed by atoms with Gasteiger partial charge in [0.25, 0.3) is 0 Å². The Hall–Kier alpha value is -1.71. The van der Waals surface area contributed by atoms with Gasteiger partial charge in [0.1, 0.15) is 11.6 Å². The molecule has 1 aromatic carbocycles. The highest BCUT2D eigenvalue weighted by molar-refractivity contribution is 5.89. The van der Waals surface area contributed by atoms with Gasteiger partial charge >= 0.3 is 0 Å².